The van der Waals surface area contributed by atoms with Gasteiger partial charge < -0.3 is 19.7 Å². The Morgan fingerprint density at radius 3 is 2.45 bits per heavy atom. The summed E-state index contributed by atoms with van der Waals surface area (Å²) in [6.45, 7) is 5.14. The van der Waals surface area contributed by atoms with Gasteiger partial charge in [0.2, 0.25) is 5.91 Å². The zero-order valence-electron chi connectivity index (χ0n) is 16.3. The van der Waals surface area contributed by atoms with Gasteiger partial charge in [0.25, 0.3) is 5.56 Å². The second-order valence-electron chi connectivity index (χ2n) is 7.19. The van der Waals surface area contributed by atoms with Gasteiger partial charge in [0.1, 0.15) is 12.1 Å². The van der Waals surface area contributed by atoms with E-state index in [2.05, 4.69) is 22.2 Å². The molecule has 1 fully saturated rings. The number of hydrogen-bond donors (Lipinski definition) is 1. The van der Waals surface area contributed by atoms with Crippen molar-refractivity contribution in [1.82, 2.24) is 9.47 Å². The molecule has 1 aliphatic heterocycles. The second kappa shape index (κ2) is 8.28. The van der Waals surface area contributed by atoms with Gasteiger partial charge in [-0.1, -0.05) is 0 Å². The van der Waals surface area contributed by atoms with Gasteiger partial charge in [-0.15, -0.1) is 0 Å². The van der Waals surface area contributed by atoms with Gasteiger partial charge in [-0.2, -0.15) is 13.2 Å². The number of nitrogens with zero attached hydrogens (tertiary/aromatic N) is 3. The normalized spacial score (nSPS) is 15.4. The molecule has 6 nitrogen and oxygen atoms in total. The van der Waals surface area contributed by atoms with Crippen LogP contribution in [0.1, 0.15) is 11.1 Å². The highest BCUT2D eigenvalue weighted by molar-refractivity contribution is 5.91. The number of benzene rings is 1. The first-order valence-electron chi connectivity index (χ1n) is 9.26. The molecule has 29 heavy (non-hydrogen) atoms. The van der Waals surface area contributed by atoms with Crippen LogP contribution in [0.4, 0.5) is 24.5 Å². The molecule has 3 rings (SSSR count). The summed E-state index contributed by atoms with van der Waals surface area (Å²) in [4.78, 5) is 28.8. The minimum Gasteiger partial charge on any atom is -0.369 e. The van der Waals surface area contributed by atoms with Crippen LogP contribution in [0.3, 0.4) is 0 Å². The average molecular weight is 408 g/mol. The molecule has 0 bridgehead atoms. The highest BCUT2D eigenvalue weighted by Gasteiger charge is 2.34. The van der Waals surface area contributed by atoms with Crippen LogP contribution in [0, 0.1) is 6.92 Å². The monoisotopic (exact) mass is 408 g/mol. The standard InChI is InChI=1S/C20H23F3N4O2/c1-14-12-15(26-10-8-25(2)9-11-26)5-6-17(14)24-18(28)13-27-7-3-4-16(19(27)29)20(21,22)23/h3-7,12H,8-11,13H2,1-2H3,(H,24,28). The Morgan fingerprint density at radius 1 is 1.14 bits per heavy atom. The molecular weight excluding hydrogens is 385 g/mol. The topological polar surface area (TPSA) is 57.6 Å². The van der Waals surface area contributed by atoms with Crippen LogP contribution in [0.2, 0.25) is 0 Å². The van der Waals surface area contributed by atoms with Crippen molar-refractivity contribution in [3.05, 3.63) is 58.0 Å². The van der Waals surface area contributed by atoms with E-state index in [0.29, 0.717) is 11.8 Å². The number of aryl methyl sites for hydroxylation is 1. The highest BCUT2D eigenvalue weighted by Crippen LogP contribution is 2.26. The largest absolute Gasteiger partial charge is 0.421 e. The minimum atomic E-state index is -4.76. The fourth-order valence-electron chi connectivity index (χ4n) is 3.27. The summed E-state index contributed by atoms with van der Waals surface area (Å²) in [5, 5.41) is 2.67. The Balaban J connectivity index is 1.69. The number of carbonyl (C=O) groups excluding carboxylic acids is 1. The number of rotatable bonds is 4. The van der Waals surface area contributed by atoms with Crippen molar-refractivity contribution >= 4 is 17.3 Å². The van der Waals surface area contributed by atoms with Gasteiger partial charge in [-0.05, 0) is 49.9 Å². The quantitative estimate of drug-likeness (QED) is 0.845. The molecule has 1 aromatic carbocycles. The van der Waals surface area contributed by atoms with Crippen LogP contribution >= 0.6 is 0 Å². The number of amides is 1. The smallest absolute Gasteiger partial charge is 0.369 e. The average Bonchev–Trinajstić information content (AvgIpc) is 2.65. The first-order valence-corrected chi connectivity index (χ1v) is 9.26. The Kier molecular flexibility index (Phi) is 5.97. The summed E-state index contributed by atoms with van der Waals surface area (Å²) in [7, 11) is 2.08. The van der Waals surface area contributed by atoms with Crippen molar-refractivity contribution in [2.75, 3.05) is 43.4 Å². The number of likely N-dealkylation sites (N-methyl/N-ethyl adjacent to an activating group) is 1. The number of pyridine rings is 1. The maximum absolute atomic E-state index is 12.9. The van der Waals surface area contributed by atoms with Gasteiger partial charge in [0.15, 0.2) is 0 Å². The van der Waals surface area contributed by atoms with Crippen LogP contribution < -0.4 is 15.8 Å². The van der Waals surface area contributed by atoms with E-state index in [1.807, 2.05) is 19.1 Å². The van der Waals surface area contributed by atoms with E-state index >= 15 is 0 Å². The lowest BCUT2D eigenvalue weighted by atomic mass is 10.1. The number of hydrogen-bond acceptors (Lipinski definition) is 4. The molecule has 2 aromatic rings. The van der Waals surface area contributed by atoms with Crippen LogP contribution in [0.5, 0.6) is 0 Å². The van der Waals surface area contributed by atoms with Crippen LogP contribution in [0.15, 0.2) is 41.3 Å². The minimum absolute atomic E-state index is 0.498. The Hall–Kier alpha value is -2.81. The van der Waals surface area contributed by atoms with E-state index in [1.165, 1.54) is 6.20 Å². The fourth-order valence-corrected chi connectivity index (χ4v) is 3.27. The first kappa shape index (κ1) is 20.9. The molecule has 0 aliphatic carbocycles. The van der Waals surface area contributed by atoms with E-state index in [0.717, 1.165) is 48.1 Å². The third-order valence-corrected chi connectivity index (χ3v) is 4.99. The molecule has 1 aromatic heterocycles. The zero-order valence-corrected chi connectivity index (χ0v) is 16.3. The predicted molar refractivity (Wildman–Crippen MR) is 105 cm³/mol. The lowest BCUT2D eigenvalue weighted by molar-refractivity contribution is -0.139. The number of anilines is 2. The number of halogens is 3. The van der Waals surface area contributed by atoms with Gasteiger partial charge >= 0.3 is 6.18 Å². The number of nitrogens with one attached hydrogen (secondary N) is 1. The van der Waals surface area contributed by atoms with Gasteiger partial charge in [0, 0.05) is 43.8 Å². The van der Waals surface area contributed by atoms with Crippen molar-refractivity contribution in [2.24, 2.45) is 0 Å². The predicted octanol–water partition coefficient (Wildman–Crippen LogP) is 2.57. The number of piperazine rings is 1. The highest BCUT2D eigenvalue weighted by atomic mass is 19.4. The van der Waals surface area contributed by atoms with Crippen molar-refractivity contribution < 1.29 is 18.0 Å². The lowest BCUT2D eigenvalue weighted by Gasteiger charge is -2.34. The molecule has 156 valence electrons. The molecule has 2 heterocycles. The molecule has 1 saturated heterocycles. The molecule has 0 radical (unpaired) electrons. The number of aromatic nitrogens is 1. The van der Waals surface area contributed by atoms with Crippen molar-refractivity contribution in [1.29, 1.82) is 0 Å². The molecule has 0 saturated carbocycles. The lowest BCUT2D eigenvalue weighted by Crippen LogP contribution is -2.44. The fraction of sp³-hybridized carbons (Fsp3) is 0.400. The summed E-state index contributed by atoms with van der Waals surface area (Å²) in [6, 6.07) is 7.46. The molecule has 0 atom stereocenters. The van der Waals surface area contributed by atoms with E-state index in [1.54, 1.807) is 6.07 Å². The summed E-state index contributed by atoms with van der Waals surface area (Å²) < 4.78 is 39.3. The molecule has 0 unspecified atom stereocenters. The second-order valence-corrected chi connectivity index (χ2v) is 7.19. The van der Waals surface area contributed by atoms with Crippen LogP contribution in [0.25, 0.3) is 0 Å². The van der Waals surface area contributed by atoms with E-state index < -0.39 is 29.8 Å². The molecular formula is C20H23F3N4O2. The number of carbonyl (C=O) groups is 1. The molecule has 1 N–H and O–H groups in total. The van der Waals surface area contributed by atoms with E-state index in [9.17, 15) is 22.8 Å². The summed E-state index contributed by atoms with van der Waals surface area (Å²) in [6.07, 6.45) is -3.59. The van der Waals surface area contributed by atoms with Gasteiger partial charge in [-0.3, -0.25) is 9.59 Å². The molecule has 1 amide bonds. The molecule has 1 aliphatic rings. The molecule has 0 spiro atoms. The Bertz CT molecular complexity index is 947. The first-order chi connectivity index (χ1) is 13.6. The van der Waals surface area contributed by atoms with Crippen LogP contribution in [-0.2, 0) is 17.5 Å². The van der Waals surface area contributed by atoms with Gasteiger partial charge in [0.05, 0.1) is 0 Å². The van der Waals surface area contributed by atoms with E-state index in [4.69, 9.17) is 0 Å². The van der Waals surface area contributed by atoms with Crippen molar-refractivity contribution in [3.8, 4) is 0 Å². The van der Waals surface area contributed by atoms with Crippen LogP contribution in [-0.4, -0.2) is 48.6 Å². The maximum atomic E-state index is 12.9. The summed E-state index contributed by atoms with van der Waals surface area (Å²) in [5.74, 6) is -0.568. The van der Waals surface area contributed by atoms with Gasteiger partial charge in [-0.25, -0.2) is 0 Å². The third kappa shape index (κ3) is 4.97. The zero-order chi connectivity index (χ0) is 21.2. The van der Waals surface area contributed by atoms with Crippen molar-refractivity contribution in [3.63, 3.8) is 0 Å². The summed E-state index contributed by atoms with van der Waals surface area (Å²) >= 11 is 0. The SMILES string of the molecule is Cc1cc(N2CCN(C)CC2)ccc1NC(=O)Cn1cccc(C(F)(F)F)c1=O. The molecule has 9 heteroatoms. The maximum Gasteiger partial charge on any atom is 0.421 e. The third-order valence-electron chi connectivity index (χ3n) is 4.99. The summed E-state index contributed by atoms with van der Waals surface area (Å²) in [5.41, 5.74) is -0.0698. The van der Waals surface area contributed by atoms with Crippen molar-refractivity contribution in [2.45, 2.75) is 19.6 Å². The Morgan fingerprint density at radius 2 is 1.83 bits per heavy atom. The van der Waals surface area contributed by atoms with E-state index in [-0.39, 0.29) is 0 Å². The number of alkyl halides is 3. The Labute approximate surface area is 166 Å².